The van der Waals surface area contributed by atoms with Crippen molar-refractivity contribution in [2.45, 2.75) is 78.4 Å². The molecule has 0 aromatic carbocycles. The molecule has 8 nitrogen and oxygen atoms in total. The molecule has 0 unspecified atom stereocenters. The molecule has 1 aliphatic carbocycles. The van der Waals surface area contributed by atoms with Crippen LogP contribution >= 0.6 is 0 Å². The van der Waals surface area contributed by atoms with Crippen molar-refractivity contribution in [1.82, 2.24) is 24.9 Å². The van der Waals surface area contributed by atoms with Crippen molar-refractivity contribution in [3.63, 3.8) is 0 Å². The van der Waals surface area contributed by atoms with Gasteiger partial charge in [0.2, 0.25) is 0 Å². The number of ether oxygens (including phenoxy) is 1. The summed E-state index contributed by atoms with van der Waals surface area (Å²) in [7, 11) is 0. The summed E-state index contributed by atoms with van der Waals surface area (Å²) < 4.78 is 7.49. The molecular weight excluding hydrogens is 380 g/mol. The molecule has 0 radical (unpaired) electrons. The number of H-pyrrole nitrogens is 1. The molecule has 1 amide bonds. The number of piperidine rings is 1. The number of fused-ring (bicyclic) bond motifs is 1. The van der Waals surface area contributed by atoms with Crippen molar-refractivity contribution in [3.05, 3.63) is 23.7 Å². The summed E-state index contributed by atoms with van der Waals surface area (Å²) in [6.45, 7) is 11.7. The lowest BCUT2D eigenvalue weighted by molar-refractivity contribution is 0.0185. The minimum Gasteiger partial charge on any atom is -0.444 e. The lowest BCUT2D eigenvalue weighted by Gasteiger charge is -2.33. The molecule has 0 spiro atoms. The van der Waals surface area contributed by atoms with E-state index in [1.165, 1.54) is 17.7 Å². The summed E-state index contributed by atoms with van der Waals surface area (Å²) in [6.07, 6.45) is 8.65. The normalized spacial score (nSPS) is 19.4. The number of hydrogen-bond acceptors (Lipinski definition) is 5. The number of aromatic amines is 1. The van der Waals surface area contributed by atoms with Gasteiger partial charge in [-0.1, -0.05) is 13.8 Å². The first kappa shape index (κ1) is 20.8. The highest BCUT2D eigenvalue weighted by atomic mass is 16.6. The average Bonchev–Trinajstić information content (AvgIpc) is 3.27. The zero-order valence-corrected chi connectivity index (χ0v) is 18.8. The highest BCUT2D eigenvalue weighted by Crippen LogP contribution is 2.37. The van der Waals surface area contributed by atoms with Crippen molar-refractivity contribution in [2.24, 2.45) is 5.41 Å². The van der Waals surface area contributed by atoms with Gasteiger partial charge >= 0.3 is 6.09 Å². The van der Waals surface area contributed by atoms with E-state index in [0.29, 0.717) is 18.5 Å². The summed E-state index contributed by atoms with van der Waals surface area (Å²) in [5.41, 5.74) is 3.36. The van der Waals surface area contributed by atoms with Crippen LogP contribution in [0, 0.1) is 5.41 Å². The highest BCUT2D eigenvalue weighted by molar-refractivity contribution is 5.68. The maximum absolute atomic E-state index is 12.3. The Hall–Kier alpha value is -2.51. The van der Waals surface area contributed by atoms with Gasteiger partial charge in [0.25, 0.3) is 0 Å². The largest absolute Gasteiger partial charge is 0.444 e. The third-order valence-electron chi connectivity index (χ3n) is 6.01. The minimum absolute atomic E-state index is 0.227. The number of hydrogen-bond donors (Lipinski definition) is 2. The maximum Gasteiger partial charge on any atom is 0.410 e. The Morgan fingerprint density at radius 3 is 2.73 bits per heavy atom. The molecule has 0 bridgehead atoms. The molecule has 1 fully saturated rings. The number of nitrogens with zero attached hydrogens (tertiary/aromatic N) is 4. The van der Waals surface area contributed by atoms with Crippen LogP contribution in [-0.2, 0) is 17.6 Å². The van der Waals surface area contributed by atoms with Gasteiger partial charge in [-0.05, 0) is 58.3 Å². The van der Waals surface area contributed by atoms with E-state index in [4.69, 9.17) is 4.74 Å². The first-order chi connectivity index (χ1) is 14.1. The fourth-order valence-electron chi connectivity index (χ4n) is 4.33. The van der Waals surface area contributed by atoms with Gasteiger partial charge in [0.05, 0.1) is 17.9 Å². The molecule has 4 rings (SSSR count). The molecule has 2 aromatic heterocycles. The van der Waals surface area contributed by atoms with Crippen LogP contribution < -0.4 is 5.32 Å². The Morgan fingerprint density at radius 2 is 2.03 bits per heavy atom. The first-order valence-corrected chi connectivity index (χ1v) is 10.9. The van der Waals surface area contributed by atoms with Crippen molar-refractivity contribution in [3.8, 4) is 0 Å². The molecule has 0 saturated carbocycles. The third kappa shape index (κ3) is 4.63. The van der Waals surface area contributed by atoms with Gasteiger partial charge in [0, 0.05) is 30.5 Å². The van der Waals surface area contributed by atoms with E-state index in [1.807, 2.05) is 37.8 Å². The van der Waals surface area contributed by atoms with Gasteiger partial charge in [-0.3, -0.25) is 9.78 Å². The second-order valence-corrected chi connectivity index (χ2v) is 10.4. The van der Waals surface area contributed by atoms with Crippen molar-refractivity contribution in [1.29, 1.82) is 0 Å². The quantitative estimate of drug-likeness (QED) is 0.775. The summed E-state index contributed by atoms with van der Waals surface area (Å²) in [5, 5.41) is 15.7. The van der Waals surface area contributed by atoms with E-state index >= 15 is 0 Å². The van der Waals surface area contributed by atoms with Crippen molar-refractivity contribution >= 4 is 17.6 Å². The number of rotatable bonds is 3. The van der Waals surface area contributed by atoms with Crippen LogP contribution in [0.25, 0.3) is 0 Å². The number of anilines is 2. The fraction of sp³-hybridized carbons (Fsp3) is 0.682. The smallest absolute Gasteiger partial charge is 0.410 e. The molecule has 3 heterocycles. The van der Waals surface area contributed by atoms with Gasteiger partial charge in [-0.15, -0.1) is 0 Å². The van der Waals surface area contributed by atoms with Gasteiger partial charge in [-0.25, -0.2) is 4.79 Å². The summed E-state index contributed by atoms with van der Waals surface area (Å²) in [6, 6.07) is 0.285. The Morgan fingerprint density at radius 1 is 1.30 bits per heavy atom. The molecule has 2 aromatic rings. The lowest BCUT2D eigenvalue weighted by Crippen LogP contribution is -2.42. The van der Waals surface area contributed by atoms with Crippen LogP contribution in [0.2, 0.25) is 0 Å². The van der Waals surface area contributed by atoms with E-state index in [-0.39, 0.29) is 12.1 Å². The molecular formula is C22H34N6O2. The van der Waals surface area contributed by atoms with Gasteiger partial charge in [0.1, 0.15) is 5.60 Å². The standard InChI is InChI=1S/C22H34N6O2/c1-21(2,3)30-20(29)27-10-7-16(8-11-27)28-14-15(13-23-28)24-19-17-6-9-22(4,5)12-18(17)25-26-19/h13-14,16H,6-12H2,1-5H3,(H2,24,25,26). The SMILES string of the molecule is CC1(C)CCc2c(Nc3cnn(C4CCN(C(=O)OC(C)(C)C)CC4)c3)n[nH]c2C1. The zero-order chi connectivity index (χ0) is 21.5. The summed E-state index contributed by atoms with van der Waals surface area (Å²) >= 11 is 0. The highest BCUT2D eigenvalue weighted by Gasteiger charge is 2.30. The lowest BCUT2D eigenvalue weighted by atomic mass is 9.77. The number of aromatic nitrogens is 4. The molecule has 0 atom stereocenters. The van der Waals surface area contributed by atoms with Crippen LogP contribution in [0.4, 0.5) is 16.3 Å². The number of carbonyl (C=O) groups excluding carboxylic acids is 1. The predicted octanol–water partition coefficient (Wildman–Crippen LogP) is 4.44. The summed E-state index contributed by atoms with van der Waals surface area (Å²) in [5.74, 6) is 0.916. The third-order valence-corrected chi connectivity index (χ3v) is 6.01. The Bertz CT molecular complexity index is 899. The molecule has 1 saturated heterocycles. The van der Waals surface area contributed by atoms with Crippen LogP contribution in [-0.4, -0.2) is 49.7 Å². The second kappa shape index (κ2) is 7.63. The van der Waals surface area contributed by atoms with Gasteiger partial charge in [-0.2, -0.15) is 10.2 Å². The monoisotopic (exact) mass is 414 g/mol. The molecule has 164 valence electrons. The Balaban J connectivity index is 1.35. The minimum atomic E-state index is -0.461. The number of likely N-dealkylation sites (tertiary alicyclic amines) is 1. The molecule has 1 aliphatic heterocycles. The van der Waals surface area contributed by atoms with Gasteiger partial charge < -0.3 is 15.0 Å². The van der Waals surface area contributed by atoms with Crippen LogP contribution in [0.1, 0.15) is 71.2 Å². The number of nitrogens with one attached hydrogen (secondary N) is 2. The Labute approximate surface area is 178 Å². The van der Waals surface area contributed by atoms with Gasteiger partial charge in [0.15, 0.2) is 5.82 Å². The summed E-state index contributed by atoms with van der Waals surface area (Å²) in [4.78, 5) is 14.1. The Kier molecular flexibility index (Phi) is 5.28. The fourth-order valence-corrected chi connectivity index (χ4v) is 4.33. The predicted molar refractivity (Wildman–Crippen MR) is 116 cm³/mol. The average molecular weight is 415 g/mol. The van der Waals surface area contributed by atoms with E-state index in [9.17, 15) is 4.79 Å². The van der Waals surface area contributed by atoms with E-state index < -0.39 is 5.60 Å². The van der Waals surface area contributed by atoms with Crippen molar-refractivity contribution in [2.75, 3.05) is 18.4 Å². The second-order valence-electron chi connectivity index (χ2n) is 10.4. The molecule has 2 N–H and O–H groups in total. The van der Waals surface area contributed by atoms with Crippen LogP contribution in [0.5, 0.6) is 0 Å². The maximum atomic E-state index is 12.3. The van der Waals surface area contributed by atoms with E-state index in [0.717, 1.165) is 37.2 Å². The van der Waals surface area contributed by atoms with Crippen molar-refractivity contribution < 1.29 is 9.53 Å². The topological polar surface area (TPSA) is 88.1 Å². The van der Waals surface area contributed by atoms with Crippen LogP contribution in [0.3, 0.4) is 0 Å². The van der Waals surface area contributed by atoms with E-state index in [1.54, 1.807) is 4.90 Å². The van der Waals surface area contributed by atoms with E-state index in [2.05, 4.69) is 34.5 Å². The number of amides is 1. The molecule has 8 heteroatoms. The molecule has 30 heavy (non-hydrogen) atoms. The first-order valence-electron chi connectivity index (χ1n) is 10.9. The zero-order valence-electron chi connectivity index (χ0n) is 18.8. The molecule has 2 aliphatic rings. The number of carbonyl (C=O) groups is 1. The van der Waals surface area contributed by atoms with Crippen LogP contribution in [0.15, 0.2) is 12.4 Å².